The minimum Gasteiger partial charge on any atom is -0.349 e. The van der Waals surface area contributed by atoms with Crippen molar-refractivity contribution >= 4 is 5.91 Å². The SMILES string of the molecule is Cc1cc(C)c(CNCCC(=O)N(C)C)cc1C. The molecule has 0 fully saturated rings. The van der Waals surface area contributed by atoms with Crippen LogP contribution in [0.4, 0.5) is 0 Å². The molecule has 1 amide bonds. The van der Waals surface area contributed by atoms with Gasteiger partial charge < -0.3 is 10.2 Å². The van der Waals surface area contributed by atoms with Gasteiger partial charge >= 0.3 is 0 Å². The highest BCUT2D eigenvalue weighted by Gasteiger charge is 2.04. The van der Waals surface area contributed by atoms with Crippen molar-refractivity contribution in [3.05, 3.63) is 34.4 Å². The summed E-state index contributed by atoms with van der Waals surface area (Å²) in [4.78, 5) is 13.0. The molecule has 0 bridgehead atoms. The lowest BCUT2D eigenvalue weighted by molar-refractivity contribution is -0.128. The fourth-order valence-corrected chi connectivity index (χ4v) is 1.85. The zero-order valence-corrected chi connectivity index (χ0v) is 12.1. The van der Waals surface area contributed by atoms with Crippen LogP contribution in [0.25, 0.3) is 0 Å². The first kappa shape index (κ1) is 14.7. The number of aryl methyl sites for hydroxylation is 3. The predicted molar refractivity (Wildman–Crippen MR) is 75.7 cm³/mol. The molecule has 1 N–H and O–H groups in total. The Morgan fingerprint density at radius 2 is 1.72 bits per heavy atom. The molecule has 0 unspecified atom stereocenters. The highest BCUT2D eigenvalue weighted by molar-refractivity contribution is 5.75. The number of hydrogen-bond donors (Lipinski definition) is 1. The highest BCUT2D eigenvalue weighted by atomic mass is 16.2. The van der Waals surface area contributed by atoms with Gasteiger partial charge in [0.25, 0.3) is 0 Å². The maximum atomic E-state index is 11.4. The van der Waals surface area contributed by atoms with Gasteiger partial charge in [0.05, 0.1) is 0 Å². The van der Waals surface area contributed by atoms with E-state index in [-0.39, 0.29) is 5.91 Å². The molecule has 0 saturated heterocycles. The first-order valence-electron chi connectivity index (χ1n) is 6.39. The maximum absolute atomic E-state index is 11.4. The van der Waals surface area contributed by atoms with E-state index in [9.17, 15) is 4.79 Å². The van der Waals surface area contributed by atoms with E-state index in [1.165, 1.54) is 22.3 Å². The molecule has 0 aliphatic carbocycles. The Kier molecular flexibility index (Phi) is 5.35. The molecular formula is C15H24N2O. The fraction of sp³-hybridized carbons (Fsp3) is 0.533. The van der Waals surface area contributed by atoms with E-state index in [1.807, 2.05) is 0 Å². The van der Waals surface area contributed by atoms with Crippen LogP contribution in [-0.2, 0) is 11.3 Å². The minimum atomic E-state index is 0.166. The van der Waals surface area contributed by atoms with Gasteiger partial charge in [-0.25, -0.2) is 0 Å². The van der Waals surface area contributed by atoms with Crippen LogP contribution in [0.1, 0.15) is 28.7 Å². The van der Waals surface area contributed by atoms with Crippen molar-refractivity contribution in [2.24, 2.45) is 0 Å². The number of benzene rings is 1. The Morgan fingerprint density at radius 3 is 2.33 bits per heavy atom. The van der Waals surface area contributed by atoms with Crippen LogP contribution in [0.2, 0.25) is 0 Å². The number of carbonyl (C=O) groups excluding carboxylic acids is 1. The van der Waals surface area contributed by atoms with Gasteiger partial charge in [-0.15, -0.1) is 0 Å². The Morgan fingerprint density at radius 1 is 1.11 bits per heavy atom. The molecule has 0 aliphatic rings. The average molecular weight is 248 g/mol. The van der Waals surface area contributed by atoms with Gasteiger partial charge in [0.1, 0.15) is 0 Å². The van der Waals surface area contributed by atoms with E-state index in [1.54, 1.807) is 19.0 Å². The molecule has 3 heteroatoms. The van der Waals surface area contributed by atoms with Gasteiger partial charge in [0.2, 0.25) is 5.91 Å². The molecule has 0 radical (unpaired) electrons. The van der Waals surface area contributed by atoms with Crippen LogP contribution in [0.15, 0.2) is 12.1 Å². The van der Waals surface area contributed by atoms with E-state index in [4.69, 9.17) is 0 Å². The Labute approximate surface area is 110 Å². The molecule has 0 aromatic heterocycles. The lowest BCUT2D eigenvalue weighted by Crippen LogP contribution is -2.26. The van der Waals surface area contributed by atoms with Crippen LogP contribution >= 0.6 is 0 Å². The Bertz CT molecular complexity index is 425. The summed E-state index contributed by atoms with van der Waals surface area (Å²) in [7, 11) is 3.58. The zero-order chi connectivity index (χ0) is 13.7. The quantitative estimate of drug-likeness (QED) is 0.810. The molecular weight excluding hydrogens is 224 g/mol. The third kappa shape index (κ3) is 4.15. The molecule has 1 aromatic carbocycles. The van der Waals surface area contributed by atoms with E-state index in [2.05, 4.69) is 38.2 Å². The largest absolute Gasteiger partial charge is 0.349 e. The summed E-state index contributed by atoms with van der Waals surface area (Å²) in [5.74, 6) is 0.166. The van der Waals surface area contributed by atoms with Crippen molar-refractivity contribution < 1.29 is 4.79 Å². The van der Waals surface area contributed by atoms with Crippen LogP contribution in [-0.4, -0.2) is 31.4 Å². The second-order valence-electron chi connectivity index (χ2n) is 5.08. The Hall–Kier alpha value is -1.35. The summed E-state index contributed by atoms with van der Waals surface area (Å²) in [5.41, 5.74) is 5.28. The standard InChI is InChI=1S/C15H24N2O/c1-11-8-13(3)14(9-12(11)2)10-16-7-6-15(18)17(4)5/h8-9,16H,6-7,10H2,1-5H3. The van der Waals surface area contributed by atoms with Crippen LogP contribution < -0.4 is 5.32 Å². The van der Waals surface area contributed by atoms with Gasteiger partial charge in [-0.1, -0.05) is 12.1 Å². The summed E-state index contributed by atoms with van der Waals surface area (Å²) in [6.45, 7) is 7.95. The third-order valence-corrected chi connectivity index (χ3v) is 3.28. The van der Waals surface area contributed by atoms with Crippen molar-refractivity contribution in [3.8, 4) is 0 Å². The fourth-order valence-electron chi connectivity index (χ4n) is 1.85. The summed E-state index contributed by atoms with van der Waals surface area (Å²) < 4.78 is 0. The minimum absolute atomic E-state index is 0.166. The van der Waals surface area contributed by atoms with Crippen molar-refractivity contribution in [3.63, 3.8) is 0 Å². The molecule has 0 atom stereocenters. The Balaban J connectivity index is 2.45. The number of carbonyl (C=O) groups is 1. The molecule has 0 spiro atoms. The van der Waals surface area contributed by atoms with Crippen LogP contribution in [0.3, 0.4) is 0 Å². The maximum Gasteiger partial charge on any atom is 0.223 e. The first-order chi connectivity index (χ1) is 8.41. The smallest absolute Gasteiger partial charge is 0.223 e. The first-order valence-corrected chi connectivity index (χ1v) is 6.39. The van der Waals surface area contributed by atoms with Gasteiger partial charge in [-0.2, -0.15) is 0 Å². The molecule has 0 heterocycles. The summed E-state index contributed by atoms with van der Waals surface area (Å²) in [5, 5.41) is 3.33. The van der Waals surface area contributed by atoms with Gasteiger partial charge in [-0.3, -0.25) is 4.79 Å². The van der Waals surface area contributed by atoms with E-state index < -0.39 is 0 Å². The summed E-state index contributed by atoms with van der Waals surface area (Å²) >= 11 is 0. The van der Waals surface area contributed by atoms with Crippen molar-refractivity contribution in [2.45, 2.75) is 33.7 Å². The summed E-state index contributed by atoms with van der Waals surface area (Å²) in [6.07, 6.45) is 0.552. The molecule has 1 aromatic rings. The zero-order valence-electron chi connectivity index (χ0n) is 12.1. The highest BCUT2D eigenvalue weighted by Crippen LogP contribution is 2.14. The van der Waals surface area contributed by atoms with Gasteiger partial charge in [0.15, 0.2) is 0 Å². The molecule has 18 heavy (non-hydrogen) atoms. The van der Waals surface area contributed by atoms with Crippen molar-refractivity contribution in [1.29, 1.82) is 0 Å². The van der Waals surface area contributed by atoms with Crippen molar-refractivity contribution in [1.82, 2.24) is 10.2 Å². The van der Waals surface area contributed by atoms with Gasteiger partial charge in [0, 0.05) is 33.6 Å². The number of rotatable bonds is 5. The predicted octanol–water partition coefficient (Wildman–Crippen LogP) is 2.18. The van der Waals surface area contributed by atoms with Gasteiger partial charge in [-0.05, 0) is 43.0 Å². The van der Waals surface area contributed by atoms with E-state index >= 15 is 0 Å². The molecule has 1 rings (SSSR count). The lowest BCUT2D eigenvalue weighted by atomic mass is 10.0. The second kappa shape index (κ2) is 6.55. The number of amides is 1. The summed E-state index contributed by atoms with van der Waals surface area (Å²) in [6, 6.07) is 4.45. The molecule has 0 aliphatic heterocycles. The molecule has 0 saturated carbocycles. The monoisotopic (exact) mass is 248 g/mol. The molecule has 100 valence electrons. The number of nitrogens with one attached hydrogen (secondary N) is 1. The topological polar surface area (TPSA) is 32.3 Å². The average Bonchev–Trinajstić information content (AvgIpc) is 2.30. The normalized spacial score (nSPS) is 10.5. The molecule has 3 nitrogen and oxygen atoms in total. The van der Waals surface area contributed by atoms with E-state index in [0.717, 1.165) is 13.1 Å². The van der Waals surface area contributed by atoms with E-state index in [0.29, 0.717) is 6.42 Å². The lowest BCUT2D eigenvalue weighted by Gasteiger charge is -2.12. The van der Waals surface area contributed by atoms with Crippen molar-refractivity contribution in [2.75, 3.05) is 20.6 Å². The second-order valence-corrected chi connectivity index (χ2v) is 5.08. The number of hydrogen-bond acceptors (Lipinski definition) is 2. The number of nitrogens with zero attached hydrogens (tertiary/aromatic N) is 1. The third-order valence-electron chi connectivity index (χ3n) is 3.28. The van der Waals surface area contributed by atoms with Crippen LogP contribution in [0, 0.1) is 20.8 Å². The van der Waals surface area contributed by atoms with Crippen LogP contribution in [0.5, 0.6) is 0 Å².